The molecule has 0 saturated heterocycles. The van der Waals surface area contributed by atoms with Gasteiger partial charge < -0.3 is 14.4 Å². The largest absolute Gasteiger partial charge is 0.573 e. The summed E-state index contributed by atoms with van der Waals surface area (Å²) in [4.78, 5) is 6.54. The summed E-state index contributed by atoms with van der Waals surface area (Å²) < 4.78 is 45.9. The number of alkyl halides is 3. The van der Waals surface area contributed by atoms with E-state index in [1.54, 1.807) is 30.0 Å². The average Bonchev–Trinajstić information content (AvgIpc) is 2.89. The monoisotopic (exact) mass is 342 g/mol. The molecule has 0 radical (unpaired) electrons. The van der Waals surface area contributed by atoms with Gasteiger partial charge in [-0.1, -0.05) is 0 Å². The maximum atomic E-state index is 12.2. The Labute approximate surface area is 135 Å². The number of ether oxygens (including phenoxy) is 2. The van der Waals surface area contributed by atoms with E-state index in [9.17, 15) is 13.2 Å². The van der Waals surface area contributed by atoms with Crippen LogP contribution in [0.4, 0.5) is 19.0 Å². The predicted octanol–water partition coefficient (Wildman–Crippen LogP) is 4.12. The quantitative estimate of drug-likeness (QED) is 0.835. The summed E-state index contributed by atoms with van der Waals surface area (Å²) in [5.41, 5.74) is 1.37. The molecule has 0 saturated carbocycles. The number of pyridine rings is 1. The van der Waals surface area contributed by atoms with E-state index in [0.29, 0.717) is 23.7 Å². The molecule has 8 heteroatoms. The van der Waals surface area contributed by atoms with E-state index in [2.05, 4.69) is 9.72 Å². The van der Waals surface area contributed by atoms with Crippen LogP contribution in [0.25, 0.3) is 11.3 Å². The summed E-state index contributed by atoms with van der Waals surface area (Å²) in [6.07, 6.45) is -2.70. The predicted molar refractivity (Wildman–Crippen MR) is 82.7 cm³/mol. The molecule has 0 bridgehead atoms. The third-order valence-corrected chi connectivity index (χ3v) is 3.75. The fraction of sp³-hybridized carbons (Fsp3) is 0.267. The molecular formula is C15H13F3N2O2S. The Balaban J connectivity index is 1.84. The Morgan fingerprint density at radius 3 is 2.61 bits per heavy atom. The molecule has 1 aliphatic rings. The lowest BCUT2D eigenvalue weighted by atomic mass is 10.1. The van der Waals surface area contributed by atoms with Crippen molar-refractivity contribution in [2.24, 2.45) is 0 Å². The van der Waals surface area contributed by atoms with Crippen molar-refractivity contribution in [3.05, 3.63) is 36.4 Å². The van der Waals surface area contributed by atoms with Gasteiger partial charge in [-0.3, -0.25) is 0 Å². The lowest BCUT2D eigenvalue weighted by molar-refractivity contribution is -0.274. The second-order valence-electron chi connectivity index (χ2n) is 4.82. The van der Waals surface area contributed by atoms with Crippen LogP contribution in [0.2, 0.25) is 0 Å². The molecule has 0 amide bonds. The first-order chi connectivity index (χ1) is 11.0. The molecule has 1 aliphatic heterocycles. The molecule has 0 fully saturated rings. The van der Waals surface area contributed by atoms with Crippen LogP contribution in [-0.2, 0) is 0 Å². The highest BCUT2D eigenvalue weighted by atomic mass is 32.2. The van der Waals surface area contributed by atoms with Gasteiger partial charge in [-0.2, -0.15) is 0 Å². The SMILES string of the molecule is CSCN1COc2ccc(-c3ccc(OC(F)(F)F)cc3)nc21. The van der Waals surface area contributed by atoms with Crippen LogP contribution < -0.4 is 14.4 Å². The van der Waals surface area contributed by atoms with Gasteiger partial charge in [-0.05, 0) is 42.7 Å². The smallest absolute Gasteiger partial charge is 0.469 e. The number of hydrogen-bond donors (Lipinski definition) is 0. The second-order valence-corrected chi connectivity index (χ2v) is 5.66. The number of fused-ring (bicyclic) bond motifs is 1. The number of thioether (sulfide) groups is 1. The highest BCUT2D eigenvalue weighted by molar-refractivity contribution is 7.98. The molecule has 23 heavy (non-hydrogen) atoms. The number of halogens is 3. The minimum Gasteiger partial charge on any atom is -0.469 e. The maximum absolute atomic E-state index is 12.2. The molecule has 122 valence electrons. The lowest BCUT2D eigenvalue weighted by Gasteiger charge is -2.14. The first-order valence-electron chi connectivity index (χ1n) is 6.70. The molecule has 1 aromatic heterocycles. The van der Waals surface area contributed by atoms with Crippen molar-refractivity contribution in [2.45, 2.75) is 6.36 Å². The fourth-order valence-corrected chi connectivity index (χ4v) is 2.73. The highest BCUT2D eigenvalue weighted by Crippen LogP contribution is 2.35. The Bertz CT molecular complexity index is 690. The van der Waals surface area contributed by atoms with E-state index < -0.39 is 6.36 Å². The molecule has 0 atom stereocenters. The van der Waals surface area contributed by atoms with Crippen molar-refractivity contribution < 1.29 is 22.6 Å². The van der Waals surface area contributed by atoms with Crippen molar-refractivity contribution in [1.82, 2.24) is 4.98 Å². The number of aromatic nitrogens is 1. The van der Waals surface area contributed by atoms with Gasteiger partial charge in [0.05, 0.1) is 11.6 Å². The molecule has 0 spiro atoms. The first-order valence-corrected chi connectivity index (χ1v) is 8.09. The Morgan fingerprint density at radius 2 is 1.96 bits per heavy atom. The Hall–Kier alpha value is -2.09. The van der Waals surface area contributed by atoms with Crippen LogP contribution in [0.1, 0.15) is 0 Å². The van der Waals surface area contributed by atoms with Crippen molar-refractivity contribution in [3.8, 4) is 22.8 Å². The third-order valence-electron chi connectivity index (χ3n) is 3.18. The van der Waals surface area contributed by atoms with Crippen LogP contribution >= 0.6 is 11.8 Å². The van der Waals surface area contributed by atoms with E-state index in [1.807, 2.05) is 17.2 Å². The molecule has 3 rings (SSSR count). The number of nitrogens with zero attached hydrogens (tertiary/aromatic N) is 2. The van der Waals surface area contributed by atoms with E-state index in [-0.39, 0.29) is 5.75 Å². The van der Waals surface area contributed by atoms with Gasteiger partial charge in [0.2, 0.25) is 0 Å². The van der Waals surface area contributed by atoms with Crippen LogP contribution in [0.15, 0.2) is 36.4 Å². The van der Waals surface area contributed by atoms with Gasteiger partial charge in [0, 0.05) is 5.56 Å². The number of anilines is 1. The molecule has 0 aliphatic carbocycles. The van der Waals surface area contributed by atoms with Crippen molar-refractivity contribution >= 4 is 17.6 Å². The zero-order valence-corrected chi connectivity index (χ0v) is 12.9. The number of benzene rings is 1. The van der Waals surface area contributed by atoms with Gasteiger partial charge in [0.1, 0.15) is 5.75 Å². The molecule has 2 heterocycles. The van der Waals surface area contributed by atoms with Gasteiger partial charge in [-0.15, -0.1) is 24.9 Å². The molecule has 0 N–H and O–H groups in total. The molecular weight excluding hydrogens is 329 g/mol. The standard InChI is InChI=1S/C15H13F3N2O2S/c1-23-9-20-8-21-13-7-6-12(19-14(13)20)10-2-4-11(5-3-10)22-15(16,17)18/h2-7H,8-9H2,1H3. The van der Waals surface area contributed by atoms with Crippen LogP contribution in [0, 0.1) is 0 Å². The minimum absolute atomic E-state index is 0.255. The third kappa shape index (κ3) is 3.64. The van der Waals surface area contributed by atoms with Gasteiger partial charge in [-0.25, -0.2) is 4.98 Å². The number of rotatable bonds is 4. The van der Waals surface area contributed by atoms with Crippen molar-refractivity contribution in [1.29, 1.82) is 0 Å². The zero-order valence-electron chi connectivity index (χ0n) is 12.1. The summed E-state index contributed by atoms with van der Waals surface area (Å²) in [7, 11) is 0. The van der Waals surface area contributed by atoms with Gasteiger partial charge in [0.15, 0.2) is 18.3 Å². The highest BCUT2D eigenvalue weighted by Gasteiger charge is 2.31. The summed E-state index contributed by atoms with van der Waals surface area (Å²) in [6, 6.07) is 9.23. The Morgan fingerprint density at radius 1 is 1.22 bits per heavy atom. The summed E-state index contributed by atoms with van der Waals surface area (Å²) in [5.74, 6) is 1.95. The molecule has 4 nitrogen and oxygen atoms in total. The summed E-state index contributed by atoms with van der Waals surface area (Å²) >= 11 is 1.65. The molecule has 1 aromatic carbocycles. The van der Waals surface area contributed by atoms with E-state index in [0.717, 1.165) is 11.7 Å². The average molecular weight is 342 g/mol. The normalized spacial score (nSPS) is 13.7. The lowest BCUT2D eigenvalue weighted by Crippen LogP contribution is -2.21. The first kappa shape index (κ1) is 15.8. The van der Waals surface area contributed by atoms with Crippen molar-refractivity contribution in [2.75, 3.05) is 23.8 Å². The van der Waals surface area contributed by atoms with Crippen LogP contribution in [0.5, 0.6) is 11.5 Å². The van der Waals surface area contributed by atoms with E-state index in [4.69, 9.17) is 4.74 Å². The summed E-state index contributed by atoms with van der Waals surface area (Å²) in [5, 5.41) is 0. The van der Waals surface area contributed by atoms with Gasteiger partial charge >= 0.3 is 6.36 Å². The minimum atomic E-state index is -4.69. The molecule has 2 aromatic rings. The Kier molecular flexibility index (Phi) is 4.25. The van der Waals surface area contributed by atoms with Gasteiger partial charge in [0.25, 0.3) is 0 Å². The second kappa shape index (κ2) is 6.19. The maximum Gasteiger partial charge on any atom is 0.573 e. The summed E-state index contributed by atoms with van der Waals surface area (Å²) in [6.45, 7) is 0.449. The van der Waals surface area contributed by atoms with E-state index >= 15 is 0 Å². The topological polar surface area (TPSA) is 34.6 Å². The zero-order chi connectivity index (χ0) is 16.4. The number of hydrogen-bond acceptors (Lipinski definition) is 5. The van der Waals surface area contributed by atoms with Crippen LogP contribution in [-0.4, -0.2) is 30.2 Å². The van der Waals surface area contributed by atoms with E-state index in [1.165, 1.54) is 12.1 Å². The van der Waals surface area contributed by atoms with Crippen LogP contribution in [0.3, 0.4) is 0 Å². The van der Waals surface area contributed by atoms with Crippen molar-refractivity contribution in [3.63, 3.8) is 0 Å². The fourth-order valence-electron chi connectivity index (χ4n) is 2.23. The molecule has 0 unspecified atom stereocenters.